The summed E-state index contributed by atoms with van der Waals surface area (Å²) in [6.45, 7) is 0.416. The zero-order valence-corrected chi connectivity index (χ0v) is 14.4. The van der Waals surface area contributed by atoms with Gasteiger partial charge in [0.1, 0.15) is 0 Å². The summed E-state index contributed by atoms with van der Waals surface area (Å²) in [6.07, 6.45) is 3.73. The molecule has 2 aromatic carbocycles. The molecule has 1 amide bonds. The normalized spacial score (nSPS) is 11.3. The molecule has 0 unspecified atom stereocenters. The molecule has 0 spiro atoms. The number of rotatable bonds is 7. The van der Waals surface area contributed by atoms with Gasteiger partial charge < -0.3 is 5.73 Å². The van der Waals surface area contributed by atoms with Crippen molar-refractivity contribution in [3.8, 4) is 0 Å². The van der Waals surface area contributed by atoms with Crippen molar-refractivity contribution in [2.24, 2.45) is 5.73 Å². The van der Waals surface area contributed by atoms with Gasteiger partial charge in [0.05, 0.1) is 17.2 Å². The van der Waals surface area contributed by atoms with E-state index in [1.165, 1.54) is 12.1 Å². The van der Waals surface area contributed by atoms with E-state index < -0.39 is 10.8 Å². The second-order valence-corrected chi connectivity index (χ2v) is 5.95. The fourth-order valence-corrected chi connectivity index (χ4v) is 2.56. The molecular formula is C19H17N5O3. The van der Waals surface area contributed by atoms with Gasteiger partial charge in [-0.3, -0.25) is 14.9 Å². The highest BCUT2D eigenvalue weighted by Gasteiger charge is 2.11. The van der Waals surface area contributed by atoms with Gasteiger partial charge in [-0.25, -0.2) is 4.68 Å². The summed E-state index contributed by atoms with van der Waals surface area (Å²) < 4.78 is 1.61. The second-order valence-electron chi connectivity index (χ2n) is 5.95. The number of carbonyl (C=O) groups excluding carboxylic acids is 1. The van der Waals surface area contributed by atoms with Crippen LogP contribution in [0.5, 0.6) is 0 Å². The largest absolute Gasteiger partial charge is 0.366 e. The maximum Gasteiger partial charge on any atom is 0.269 e. The number of hydrogen-bond donors (Lipinski definition) is 1. The van der Waals surface area contributed by atoms with Crippen molar-refractivity contribution in [2.75, 3.05) is 0 Å². The Hall–Kier alpha value is -3.81. The molecule has 3 rings (SSSR count). The summed E-state index contributed by atoms with van der Waals surface area (Å²) in [7, 11) is 0. The van der Waals surface area contributed by atoms with Crippen LogP contribution < -0.4 is 5.73 Å². The second kappa shape index (κ2) is 8.05. The topological polar surface area (TPSA) is 117 Å². The Morgan fingerprint density at radius 2 is 1.85 bits per heavy atom. The average Bonchev–Trinajstić information content (AvgIpc) is 3.09. The van der Waals surface area contributed by atoms with E-state index in [-0.39, 0.29) is 12.1 Å². The van der Waals surface area contributed by atoms with Gasteiger partial charge in [0.2, 0.25) is 5.91 Å². The molecule has 1 heterocycles. The van der Waals surface area contributed by atoms with E-state index in [1.54, 1.807) is 29.1 Å². The molecule has 0 saturated carbocycles. The van der Waals surface area contributed by atoms with Gasteiger partial charge in [0.15, 0.2) is 0 Å². The number of benzene rings is 2. The fraction of sp³-hybridized carbons (Fsp3) is 0.105. The first kappa shape index (κ1) is 18.0. The highest BCUT2D eigenvalue weighted by molar-refractivity contribution is 5.96. The van der Waals surface area contributed by atoms with E-state index in [9.17, 15) is 14.9 Å². The minimum atomic E-state index is -0.510. The number of primary amides is 1. The summed E-state index contributed by atoms with van der Waals surface area (Å²) in [5.41, 5.74) is 8.30. The lowest BCUT2D eigenvalue weighted by atomic mass is 10.1. The third-order valence-electron chi connectivity index (χ3n) is 3.91. The third kappa shape index (κ3) is 4.85. The van der Waals surface area contributed by atoms with E-state index >= 15 is 0 Å². The van der Waals surface area contributed by atoms with Crippen LogP contribution in [0.1, 0.15) is 16.8 Å². The van der Waals surface area contributed by atoms with Crippen molar-refractivity contribution < 1.29 is 9.72 Å². The molecule has 0 aliphatic carbocycles. The Labute approximate surface area is 155 Å². The van der Waals surface area contributed by atoms with E-state index in [4.69, 9.17) is 5.73 Å². The molecule has 0 saturated heterocycles. The van der Waals surface area contributed by atoms with Gasteiger partial charge in [0.25, 0.3) is 5.69 Å². The maximum atomic E-state index is 11.7. The molecule has 0 fully saturated rings. The van der Waals surface area contributed by atoms with Crippen LogP contribution in [0.2, 0.25) is 0 Å². The van der Waals surface area contributed by atoms with Crippen molar-refractivity contribution in [2.45, 2.75) is 13.0 Å². The summed E-state index contributed by atoms with van der Waals surface area (Å²) in [5, 5.41) is 18.8. The number of nitrogens with two attached hydrogens (primary N) is 1. The van der Waals surface area contributed by atoms with Crippen molar-refractivity contribution in [3.05, 3.63) is 93.3 Å². The van der Waals surface area contributed by atoms with Crippen LogP contribution in [0, 0.1) is 10.1 Å². The molecule has 8 heteroatoms. The Morgan fingerprint density at radius 3 is 2.48 bits per heavy atom. The highest BCUT2D eigenvalue weighted by atomic mass is 16.6. The van der Waals surface area contributed by atoms with Crippen LogP contribution >= 0.6 is 0 Å². The molecular weight excluding hydrogens is 346 g/mol. The molecule has 0 radical (unpaired) electrons. The van der Waals surface area contributed by atoms with Crippen molar-refractivity contribution in [1.29, 1.82) is 0 Å². The molecule has 27 heavy (non-hydrogen) atoms. The summed E-state index contributed by atoms with van der Waals surface area (Å²) >= 11 is 0. The number of aromatic nitrogens is 3. The Bertz CT molecular complexity index is 978. The van der Waals surface area contributed by atoms with E-state index in [0.29, 0.717) is 17.8 Å². The van der Waals surface area contributed by atoms with Gasteiger partial charge in [-0.15, -0.1) is 5.10 Å². The fourth-order valence-electron chi connectivity index (χ4n) is 2.56. The standard InChI is InChI=1S/C19H17N5O3/c20-19(25)16(10-14-4-2-1-3-5-14)11-17-13-23(22-21-17)12-15-6-8-18(9-7-15)24(26)27/h1-10,13H,11-12H2,(H2,20,25). The molecule has 0 aliphatic rings. The number of amides is 1. The lowest BCUT2D eigenvalue weighted by Crippen LogP contribution is -2.15. The maximum absolute atomic E-state index is 11.7. The highest BCUT2D eigenvalue weighted by Crippen LogP contribution is 2.14. The Balaban J connectivity index is 1.71. The molecule has 1 aromatic heterocycles. The first-order chi connectivity index (χ1) is 13.0. The molecule has 2 N–H and O–H groups in total. The minimum Gasteiger partial charge on any atom is -0.366 e. The average molecular weight is 363 g/mol. The Kier molecular flexibility index (Phi) is 5.36. The third-order valence-corrected chi connectivity index (χ3v) is 3.91. The van der Waals surface area contributed by atoms with Crippen LogP contribution in [0.15, 0.2) is 66.4 Å². The summed E-state index contributed by atoms with van der Waals surface area (Å²) in [5.74, 6) is -0.510. The van der Waals surface area contributed by atoms with Crippen LogP contribution in [-0.4, -0.2) is 25.8 Å². The van der Waals surface area contributed by atoms with E-state index in [2.05, 4.69) is 10.3 Å². The lowest BCUT2D eigenvalue weighted by molar-refractivity contribution is -0.384. The predicted molar refractivity (Wildman–Crippen MR) is 99.5 cm³/mol. The van der Waals surface area contributed by atoms with Crippen molar-refractivity contribution in [3.63, 3.8) is 0 Å². The van der Waals surface area contributed by atoms with Gasteiger partial charge in [-0.2, -0.15) is 0 Å². The SMILES string of the molecule is NC(=O)C(=Cc1ccccc1)Cc1cn(Cc2ccc([N+](=O)[O-])cc2)nn1. The molecule has 0 bridgehead atoms. The number of hydrogen-bond acceptors (Lipinski definition) is 5. The first-order valence-corrected chi connectivity index (χ1v) is 8.19. The molecule has 0 atom stereocenters. The van der Waals surface area contributed by atoms with E-state index in [0.717, 1.165) is 11.1 Å². The van der Waals surface area contributed by atoms with Crippen LogP contribution in [0.25, 0.3) is 6.08 Å². The van der Waals surface area contributed by atoms with Gasteiger partial charge in [-0.05, 0) is 17.2 Å². The number of nitro benzene ring substituents is 1. The zero-order valence-electron chi connectivity index (χ0n) is 14.4. The number of non-ortho nitro benzene ring substituents is 1. The number of nitro groups is 1. The quantitative estimate of drug-likeness (QED) is 0.393. The zero-order chi connectivity index (χ0) is 19.2. The Morgan fingerprint density at radius 1 is 1.15 bits per heavy atom. The molecule has 3 aromatic rings. The smallest absolute Gasteiger partial charge is 0.269 e. The van der Waals surface area contributed by atoms with Crippen molar-refractivity contribution >= 4 is 17.7 Å². The van der Waals surface area contributed by atoms with Gasteiger partial charge >= 0.3 is 0 Å². The number of carbonyl (C=O) groups is 1. The van der Waals surface area contributed by atoms with Crippen molar-refractivity contribution in [1.82, 2.24) is 15.0 Å². The predicted octanol–water partition coefficient (Wildman–Crippen LogP) is 2.35. The van der Waals surface area contributed by atoms with E-state index in [1.807, 2.05) is 30.3 Å². The summed E-state index contributed by atoms with van der Waals surface area (Å²) in [6, 6.07) is 15.7. The lowest BCUT2D eigenvalue weighted by Gasteiger charge is -2.02. The van der Waals surface area contributed by atoms with Gasteiger partial charge in [-0.1, -0.05) is 47.7 Å². The van der Waals surface area contributed by atoms with Crippen LogP contribution in [-0.2, 0) is 17.8 Å². The summed E-state index contributed by atoms with van der Waals surface area (Å²) in [4.78, 5) is 22.0. The minimum absolute atomic E-state index is 0.0372. The van der Waals surface area contributed by atoms with Crippen LogP contribution in [0.3, 0.4) is 0 Å². The molecule has 0 aliphatic heterocycles. The van der Waals surface area contributed by atoms with Gasteiger partial charge in [0, 0.05) is 30.3 Å². The first-order valence-electron chi connectivity index (χ1n) is 8.19. The molecule has 8 nitrogen and oxygen atoms in total. The monoisotopic (exact) mass is 363 g/mol. The molecule has 136 valence electrons. The number of nitrogens with zero attached hydrogens (tertiary/aromatic N) is 4. The van der Waals surface area contributed by atoms with Crippen LogP contribution in [0.4, 0.5) is 5.69 Å².